The van der Waals surface area contributed by atoms with E-state index in [9.17, 15) is 14.9 Å². The molecular formula is C24H24N6O4S. The first-order valence-corrected chi connectivity index (χ1v) is 12.2. The maximum absolute atomic E-state index is 12.9. The van der Waals surface area contributed by atoms with E-state index in [-0.39, 0.29) is 23.5 Å². The smallest absolute Gasteiger partial charge is 0.269 e. The normalized spacial score (nSPS) is 15.5. The summed E-state index contributed by atoms with van der Waals surface area (Å²) in [5.74, 6) is 0.728. The van der Waals surface area contributed by atoms with Crippen LogP contribution in [0.25, 0.3) is 22.3 Å². The second kappa shape index (κ2) is 9.88. The van der Waals surface area contributed by atoms with Crippen LogP contribution in [-0.2, 0) is 16.1 Å². The number of para-hydroxylation sites is 1. The number of non-ortho nitro benzene ring substituents is 1. The van der Waals surface area contributed by atoms with Crippen molar-refractivity contribution in [1.82, 2.24) is 19.7 Å². The van der Waals surface area contributed by atoms with E-state index in [1.54, 1.807) is 19.2 Å². The molecule has 0 spiro atoms. The first-order valence-electron chi connectivity index (χ1n) is 11.3. The highest BCUT2D eigenvalue weighted by molar-refractivity contribution is 7.99. The fourth-order valence-electron chi connectivity index (χ4n) is 4.17. The molecule has 1 aliphatic rings. The van der Waals surface area contributed by atoms with E-state index in [1.807, 2.05) is 35.0 Å². The molecule has 1 N–H and O–H groups in total. The topological polar surface area (TPSA) is 119 Å². The average Bonchev–Trinajstić information content (AvgIpc) is 3.63. The van der Waals surface area contributed by atoms with Gasteiger partial charge in [-0.3, -0.25) is 19.5 Å². The highest BCUT2D eigenvalue weighted by atomic mass is 32.2. The van der Waals surface area contributed by atoms with E-state index >= 15 is 0 Å². The number of nitro benzene ring substituents is 1. The van der Waals surface area contributed by atoms with Crippen LogP contribution in [0.1, 0.15) is 12.8 Å². The van der Waals surface area contributed by atoms with Crippen molar-refractivity contribution in [3.8, 4) is 11.4 Å². The summed E-state index contributed by atoms with van der Waals surface area (Å²) < 4.78 is 7.91. The standard InChI is InChI=1S/C24H24N6O4S/c1-28(16-8-10-17(11-9-16)30(32)33)22(31)15-35-24-27-26-23(29(24)14-18-5-4-12-34-18)20-13-25-21-7-3-2-6-19(20)21/h2-3,6-11,13,18,25H,4-5,12,14-15H2,1H3. The highest BCUT2D eigenvalue weighted by Gasteiger charge is 2.24. The van der Waals surface area contributed by atoms with Crippen LogP contribution in [0, 0.1) is 10.1 Å². The largest absolute Gasteiger partial charge is 0.376 e. The number of amides is 1. The second-order valence-corrected chi connectivity index (χ2v) is 9.26. The molecule has 1 unspecified atom stereocenters. The molecular weight excluding hydrogens is 468 g/mol. The molecule has 1 fully saturated rings. The monoisotopic (exact) mass is 492 g/mol. The van der Waals surface area contributed by atoms with Crippen molar-refractivity contribution in [3.63, 3.8) is 0 Å². The van der Waals surface area contributed by atoms with Crippen LogP contribution in [0.4, 0.5) is 11.4 Å². The summed E-state index contributed by atoms with van der Waals surface area (Å²) in [6, 6.07) is 13.9. The van der Waals surface area contributed by atoms with Gasteiger partial charge in [-0.05, 0) is 31.0 Å². The average molecular weight is 493 g/mol. The molecule has 4 aromatic rings. The molecule has 0 saturated carbocycles. The number of ether oxygens (including phenoxy) is 1. The molecule has 5 rings (SSSR count). The Bertz CT molecular complexity index is 1360. The summed E-state index contributed by atoms with van der Waals surface area (Å²) in [5.41, 5.74) is 2.54. The lowest BCUT2D eigenvalue weighted by atomic mass is 10.1. The molecule has 0 bridgehead atoms. The van der Waals surface area contributed by atoms with E-state index in [2.05, 4.69) is 15.2 Å². The van der Waals surface area contributed by atoms with E-state index < -0.39 is 4.92 Å². The van der Waals surface area contributed by atoms with Crippen molar-refractivity contribution in [1.29, 1.82) is 0 Å². The van der Waals surface area contributed by atoms with E-state index in [1.165, 1.54) is 28.8 Å². The zero-order valence-electron chi connectivity index (χ0n) is 19.1. The Balaban J connectivity index is 1.37. The van der Waals surface area contributed by atoms with Gasteiger partial charge in [-0.1, -0.05) is 30.0 Å². The summed E-state index contributed by atoms with van der Waals surface area (Å²) in [5, 5.41) is 21.5. The van der Waals surface area contributed by atoms with Gasteiger partial charge in [0.05, 0.1) is 23.3 Å². The van der Waals surface area contributed by atoms with Gasteiger partial charge in [-0.15, -0.1) is 10.2 Å². The van der Waals surface area contributed by atoms with Crippen molar-refractivity contribution >= 4 is 39.9 Å². The SMILES string of the molecule is CN(C(=O)CSc1nnc(-c2c[nH]c3ccccc23)n1CC1CCCO1)c1ccc([N+](=O)[O-])cc1. The van der Waals surface area contributed by atoms with E-state index in [0.717, 1.165) is 41.7 Å². The molecule has 2 aromatic carbocycles. The van der Waals surface area contributed by atoms with Crippen molar-refractivity contribution in [2.24, 2.45) is 0 Å². The minimum atomic E-state index is -0.465. The Morgan fingerprint density at radius 2 is 2.06 bits per heavy atom. The number of nitro groups is 1. The molecule has 11 heteroatoms. The fourth-order valence-corrected chi connectivity index (χ4v) is 5.03. The zero-order valence-corrected chi connectivity index (χ0v) is 19.9. The number of nitrogens with zero attached hydrogens (tertiary/aromatic N) is 5. The van der Waals surface area contributed by atoms with Crippen molar-refractivity contribution in [3.05, 3.63) is 64.8 Å². The Kier molecular flexibility index (Phi) is 6.51. The van der Waals surface area contributed by atoms with Gasteiger partial charge in [0, 0.05) is 54.1 Å². The predicted octanol–water partition coefficient (Wildman–Crippen LogP) is 4.27. The number of aromatic nitrogens is 4. The fraction of sp³-hybridized carbons (Fsp3) is 0.292. The lowest BCUT2D eigenvalue weighted by Crippen LogP contribution is -2.28. The minimum Gasteiger partial charge on any atom is -0.376 e. The van der Waals surface area contributed by atoms with Gasteiger partial charge in [0.25, 0.3) is 5.69 Å². The Labute approximate surface area is 205 Å². The third-order valence-corrected chi connectivity index (χ3v) is 7.06. The number of carbonyl (C=O) groups is 1. The number of aromatic amines is 1. The van der Waals surface area contributed by atoms with E-state index in [4.69, 9.17) is 4.74 Å². The second-order valence-electron chi connectivity index (χ2n) is 8.31. The van der Waals surface area contributed by atoms with Gasteiger partial charge in [-0.25, -0.2) is 0 Å². The summed E-state index contributed by atoms with van der Waals surface area (Å²) in [6.45, 7) is 1.35. The van der Waals surface area contributed by atoms with Gasteiger partial charge >= 0.3 is 0 Å². The Morgan fingerprint density at radius 1 is 1.26 bits per heavy atom. The minimum absolute atomic E-state index is 0.0176. The molecule has 35 heavy (non-hydrogen) atoms. The van der Waals surface area contributed by atoms with Gasteiger partial charge in [0.1, 0.15) is 0 Å². The molecule has 180 valence electrons. The highest BCUT2D eigenvalue weighted by Crippen LogP contribution is 2.31. The lowest BCUT2D eigenvalue weighted by molar-refractivity contribution is -0.384. The quantitative estimate of drug-likeness (QED) is 0.222. The number of carbonyl (C=O) groups excluding carboxylic acids is 1. The van der Waals surface area contributed by atoms with Gasteiger partial charge < -0.3 is 14.6 Å². The van der Waals surface area contributed by atoms with Crippen LogP contribution < -0.4 is 4.90 Å². The molecule has 2 aromatic heterocycles. The van der Waals surface area contributed by atoms with Gasteiger partial charge in [0.15, 0.2) is 11.0 Å². The number of thioether (sulfide) groups is 1. The van der Waals surface area contributed by atoms with Crippen LogP contribution in [0.2, 0.25) is 0 Å². The third-order valence-electron chi connectivity index (χ3n) is 6.10. The third kappa shape index (κ3) is 4.77. The van der Waals surface area contributed by atoms with Crippen LogP contribution in [-0.4, -0.2) is 56.1 Å². The Morgan fingerprint density at radius 3 is 2.80 bits per heavy atom. The van der Waals surface area contributed by atoms with Crippen LogP contribution in [0.3, 0.4) is 0 Å². The van der Waals surface area contributed by atoms with Crippen LogP contribution >= 0.6 is 11.8 Å². The van der Waals surface area contributed by atoms with Gasteiger partial charge in [-0.2, -0.15) is 0 Å². The number of hydrogen-bond donors (Lipinski definition) is 1. The van der Waals surface area contributed by atoms with Gasteiger partial charge in [0.2, 0.25) is 5.91 Å². The van der Waals surface area contributed by atoms with Crippen molar-refractivity contribution in [2.75, 3.05) is 24.3 Å². The number of nitrogens with one attached hydrogen (secondary N) is 1. The number of H-pyrrole nitrogens is 1. The summed E-state index contributed by atoms with van der Waals surface area (Å²) in [4.78, 5) is 28.1. The van der Waals surface area contributed by atoms with Crippen molar-refractivity contribution in [2.45, 2.75) is 30.6 Å². The molecule has 1 saturated heterocycles. The first-order chi connectivity index (χ1) is 17.0. The zero-order chi connectivity index (χ0) is 24.4. The summed E-state index contributed by atoms with van der Waals surface area (Å²) >= 11 is 1.32. The molecule has 1 aliphatic heterocycles. The molecule has 1 atom stereocenters. The van der Waals surface area contributed by atoms with Crippen LogP contribution in [0.5, 0.6) is 0 Å². The maximum Gasteiger partial charge on any atom is 0.269 e. The molecule has 3 heterocycles. The number of benzene rings is 2. The number of hydrogen-bond acceptors (Lipinski definition) is 7. The Hall–Kier alpha value is -3.70. The number of fused-ring (bicyclic) bond motifs is 1. The number of rotatable bonds is 8. The molecule has 1 amide bonds. The predicted molar refractivity (Wildman–Crippen MR) is 134 cm³/mol. The lowest BCUT2D eigenvalue weighted by Gasteiger charge is -2.17. The molecule has 10 nitrogen and oxygen atoms in total. The van der Waals surface area contributed by atoms with E-state index in [0.29, 0.717) is 17.4 Å². The summed E-state index contributed by atoms with van der Waals surface area (Å²) in [6.07, 6.45) is 4.00. The summed E-state index contributed by atoms with van der Waals surface area (Å²) in [7, 11) is 1.65. The molecule has 0 aliphatic carbocycles. The number of anilines is 1. The maximum atomic E-state index is 12.9. The molecule has 0 radical (unpaired) electrons. The first kappa shape index (κ1) is 23.1. The van der Waals surface area contributed by atoms with Crippen molar-refractivity contribution < 1.29 is 14.5 Å². The van der Waals surface area contributed by atoms with Crippen LogP contribution in [0.15, 0.2) is 59.9 Å².